The SMILES string of the molecule is CC1CC2CC(C1)C(C)C(=O)O2. The molecule has 12 heavy (non-hydrogen) atoms. The van der Waals surface area contributed by atoms with Gasteiger partial charge >= 0.3 is 5.97 Å². The molecular weight excluding hydrogens is 152 g/mol. The van der Waals surface area contributed by atoms with E-state index in [1.54, 1.807) is 0 Å². The first-order valence-electron chi connectivity index (χ1n) is 4.87. The minimum atomic E-state index is 0.0307. The molecule has 2 bridgehead atoms. The predicted octanol–water partition coefficient (Wildman–Crippen LogP) is 1.98. The Kier molecular flexibility index (Phi) is 1.85. The van der Waals surface area contributed by atoms with E-state index in [4.69, 9.17) is 4.74 Å². The third kappa shape index (κ3) is 1.23. The Morgan fingerprint density at radius 2 is 2.00 bits per heavy atom. The quantitative estimate of drug-likeness (QED) is 0.517. The zero-order chi connectivity index (χ0) is 8.72. The highest BCUT2D eigenvalue weighted by Crippen LogP contribution is 2.39. The average molecular weight is 168 g/mol. The number of esters is 1. The van der Waals surface area contributed by atoms with Crippen molar-refractivity contribution < 1.29 is 9.53 Å². The van der Waals surface area contributed by atoms with Crippen molar-refractivity contribution in [2.75, 3.05) is 0 Å². The van der Waals surface area contributed by atoms with E-state index in [0.29, 0.717) is 5.92 Å². The summed E-state index contributed by atoms with van der Waals surface area (Å²) in [5.74, 6) is 1.51. The highest BCUT2D eigenvalue weighted by Gasteiger charge is 2.39. The number of carbonyl (C=O) groups excluding carboxylic acids is 1. The van der Waals surface area contributed by atoms with Crippen LogP contribution in [0.4, 0.5) is 0 Å². The van der Waals surface area contributed by atoms with Crippen LogP contribution in [0.1, 0.15) is 33.1 Å². The normalized spacial score (nSPS) is 47.0. The first-order valence-corrected chi connectivity index (χ1v) is 4.87. The summed E-state index contributed by atoms with van der Waals surface area (Å²) in [6.45, 7) is 4.26. The molecule has 2 rings (SSSR count). The van der Waals surface area contributed by atoms with Gasteiger partial charge in [-0.15, -0.1) is 0 Å². The lowest BCUT2D eigenvalue weighted by Crippen LogP contribution is -2.41. The highest BCUT2D eigenvalue weighted by atomic mass is 16.5. The first kappa shape index (κ1) is 8.09. The second-order valence-corrected chi connectivity index (χ2v) is 4.42. The first-order chi connectivity index (χ1) is 5.66. The van der Waals surface area contributed by atoms with Crippen molar-refractivity contribution in [2.24, 2.45) is 17.8 Å². The minimum Gasteiger partial charge on any atom is -0.462 e. The van der Waals surface area contributed by atoms with Gasteiger partial charge in [0.15, 0.2) is 0 Å². The summed E-state index contributed by atoms with van der Waals surface area (Å²) in [7, 11) is 0. The highest BCUT2D eigenvalue weighted by molar-refractivity contribution is 5.73. The summed E-state index contributed by atoms with van der Waals surface area (Å²) in [5, 5.41) is 0. The van der Waals surface area contributed by atoms with Crippen molar-refractivity contribution in [3.05, 3.63) is 0 Å². The van der Waals surface area contributed by atoms with Crippen LogP contribution in [0.15, 0.2) is 0 Å². The largest absolute Gasteiger partial charge is 0.462 e. The predicted molar refractivity (Wildman–Crippen MR) is 45.5 cm³/mol. The van der Waals surface area contributed by atoms with Crippen LogP contribution in [-0.4, -0.2) is 12.1 Å². The summed E-state index contributed by atoms with van der Waals surface area (Å²) in [6.07, 6.45) is 3.64. The van der Waals surface area contributed by atoms with Crippen molar-refractivity contribution in [3.8, 4) is 0 Å². The fourth-order valence-corrected chi connectivity index (χ4v) is 2.56. The Labute approximate surface area is 73.3 Å². The molecule has 0 aromatic carbocycles. The standard InChI is InChI=1S/C10H16O2/c1-6-3-8-5-9(4-6)12-10(11)7(8)2/h6-9H,3-5H2,1-2H3. The Balaban J connectivity index is 2.12. The molecule has 1 saturated carbocycles. The third-order valence-electron chi connectivity index (χ3n) is 3.30. The molecule has 2 heteroatoms. The Morgan fingerprint density at radius 3 is 2.75 bits per heavy atom. The lowest BCUT2D eigenvalue weighted by atomic mass is 9.73. The van der Waals surface area contributed by atoms with Gasteiger partial charge in [-0.2, -0.15) is 0 Å². The molecule has 0 N–H and O–H groups in total. The molecule has 2 nitrogen and oxygen atoms in total. The molecule has 68 valence electrons. The van der Waals surface area contributed by atoms with Gasteiger partial charge in [-0.25, -0.2) is 0 Å². The van der Waals surface area contributed by atoms with E-state index in [1.807, 2.05) is 6.92 Å². The zero-order valence-electron chi connectivity index (χ0n) is 7.75. The summed E-state index contributed by atoms with van der Waals surface area (Å²) in [4.78, 5) is 11.3. The van der Waals surface area contributed by atoms with E-state index >= 15 is 0 Å². The fraction of sp³-hybridized carbons (Fsp3) is 0.900. The van der Waals surface area contributed by atoms with Gasteiger partial charge in [-0.05, 0) is 31.1 Å². The van der Waals surface area contributed by atoms with Gasteiger partial charge < -0.3 is 4.74 Å². The van der Waals surface area contributed by atoms with E-state index < -0.39 is 0 Å². The van der Waals surface area contributed by atoms with Crippen molar-refractivity contribution in [2.45, 2.75) is 39.2 Å². The van der Waals surface area contributed by atoms with Crippen molar-refractivity contribution in [3.63, 3.8) is 0 Å². The minimum absolute atomic E-state index is 0.0307. The lowest BCUT2D eigenvalue weighted by molar-refractivity contribution is -0.169. The third-order valence-corrected chi connectivity index (χ3v) is 3.30. The van der Waals surface area contributed by atoms with Crippen molar-refractivity contribution in [1.82, 2.24) is 0 Å². The Morgan fingerprint density at radius 1 is 1.25 bits per heavy atom. The number of rotatable bonds is 0. The van der Waals surface area contributed by atoms with Crippen LogP contribution < -0.4 is 0 Å². The topological polar surface area (TPSA) is 26.3 Å². The summed E-state index contributed by atoms with van der Waals surface area (Å²) in [6, 6.07) is 0. The summed E-state index contributed by atoms with van der Waals surface area (Å²) >= 11 is 0. The summed E-state index contributed by atoms with van der Waals surface area (Å²) in [5.41, 5.74) is 0. The Hall–Kier alpha value is -0.530. The van der Waals surface area contributed by atoms with Gasteiger partial charge in [0.25, 0.3) is 0 Å². The monoisotopic (exact) mass is 168 g/mol. The molecule has 1 heterocycles. The molecule has 0 radical (unpaired) electrons. The zero-order valence-corrected chi connectivity index (χ0v) is 7.75. The van der Waals surface area contributed by atoms with Gasteiger partial charge in [0.2, 0.25) is 0 Å². The second-order valence-electron chi connectivity index (χ2n) is 4.42. The molecule has 0 spiro atoms. The van der Waals surface area contributed by atoms with Crippen LogP contribution in [0.2, 0.25) is 0 Å². The number of hydrogen-bond acceptors (Lipinski definition) is 2. The molecule has 1 aliphatic heterocycles. The van der Waals surface area contributed by atoms with Gasteiger partial charge in [-0.1, -0.05) is 13.8 Å². The number of fused-ring (bicyclic) bond motifs is 2. The van der Waals surface area contributed by atoms with Crippen molar-refractivity contribution in [1.29, 1.82) is 0 Å². The van der Waals surface area contributed by atoms with Crippen LogP contribution in [0.25, 0.3) is 0 Å². The molecule has 2 fully saturated rings. The van der Waals surface area contributed by atoms with Crippen LogP contribution in [0.3, 0.4) is 0 Å². The van der Waals surface area contributed by atoms with E-state index in [2.05, 4.69) is 6.92 Å². The van der Waals surface area contributed by atoms with Gasteiger partial charge in [0.05, 0.1) is 5.92 Å². The van der Waals surface area contributed by atoms with Crippen LogP contribution in [-0.2, 0) is 9.53 Å². The van der Waals surface area contributed by atoms with Crippen LogP contribution >= 0.6 is 0 Å². The molecule has 4 atom stereocenters. The molecule has 0 aromatic heterocycles. The fourth-order valence-electron chi connectivity index (χ4n) is 2.56. The van der Waals surface area contributed by atoms with Gasteiger partial charge in [0, 0.05) is 0 Å². The molecule has 0 amide bonds. The second kappa shape index (κ2) is 2.75. The molecule has 1 saturated heterocycles. The van der Waals surface area contributed by atoms with Crippen molar-refractivity contribution >= 4 is 5.97 Å². The Bertz CT molecular complexity index is 198. The molecule has 2 aliphatic rings. The maximum atomic E-state index is 11.3. The molecule has 1 aliphatic carbocycles. The maximum absolute atomic E-state index is 11.3. The van der Waals surface area contributed by atoms with E-state index in [-0.39, 0.29) is 18.0 Å². The van der Waals surface area contributed by atoms with E-state index in [0.717, 1.165) is 18.8 Å². The van der Waals surface area contributed by atoms with Gasteiger partial charge in [-0.3, -0.25) is 4.79 Å². The lowest BCUT2D eigenvalue weighted by Gasteiger charge is -2.40. The number of ether oxygens (including phenoxy) is 1. The molecule has 4 unspecified atom stereocenters. The van der Waals surface area contributed by atoms with E-state index in [1.165, 1.54) is 6.42 Å². The van der Waals surface area contributed by atoms with Gasteiger partial charge in [0.1, 0.15) is 6.10 Å². The smallest absolute Gasteiger partial charge is 0.309 e. The number of hydrogen-bond donors (Lipinski definition) is 0. The molecule has 0 aromatic rings. The average Bonchev–Trinajstić information content (AvgIpc) is 1.99. The number of carbonyl (C=O) groups is 1. The summed E-state index contributed by atoms with van der Waals surface area (Å²) < 4.78 is 5.30. The van der Waals surface area contributed by atoms with Crippen LogP contribution in [0, 0.1) is 17.8 Å². The van der Waals surface area contributed by atoms with E-state index in [9.17, 15) is 4.79 Å². The van der Waals surface area contributed by atoms with Crippen LogP contribution in [0.5, 0.6) is 0 Å². The maximum Gasteiger partial charge on any atom is 0.309 e. The molecular formula is C10H16O2.